The minimum absolute atomic E-state index is 0.142. The number of amides is 1. The lowest BCUT2D eigenvalue weighted by molar-refractivity contribution is -0.135. The highest BCUT2D eigenvalue weighted by Gasteiger charge is 2.21. The van der Waals surface area contributed by atoms with Gasteiger partial charge in [0, 0.05) is 31.5 Å². The molecule has 1 unspecified atom stereocenters. The molecule has 2 N–H and O–H groups in total. The van der Waals surface area contributed by atoms with Crippen LogP contribution in [0.4, 0.5) is 0 Å². The van der Waals surface area contributed by atoms with Crippen molar-refractivity contribution >= 4 is 5.91 Å². The molecule has 2 heterocycles. The quantitative estimate of drug-likeness (QED) is 0.853. The fourth-order valence-corrected chi connectivity index (χ4v) is 2.94. The second kappa shape index (κ2) is 5.35. The van der Waals surface area contributed by atoms with Gasteiger partial charge in [0.15, 0.2) is 0 Å². The number of morpholine rings is 1. The molecule has 0 spiro atoms. The van der Waals surface area contributed by atoms with Crippen LogP contribution in [-0.4, -0.2) is 41.7 Å². The molecular weight excluding hydrogens is 242 g/mol. The zero-order chi connectivity index (χ0) is 13.2. The number of carbonyl (C=O) groups is 1. The molecule has 5 nitrogen and oxygen atoms in total. The average molecular weight is 263 g/mol. The third-order valence-electron chi connectivity index (χ3n) is 4.04. The van der Waals surface area contributed by atoms with Gasteiger partial charge in [0.25, 0.3) is 0 Å². The molecule has 2 aliphatic rings. The second-order valence-electron chi connectivity index (χ2n) is 5.40. The van der Waals surface area contributed by atoms with Crippen LogP contribution in [0.25, 0.3) is 0 Å². The number of ether oxygens (including phenoxy) is 1. The summed E-state index contributed by atoms with van der Waals surface area (Å²) in [6, 6.07) is 0.142. The van der Waals surface area contributed by atoms with Gasteiger partial charge >= 0.3 is 0 Å². The SMILES string of the molecule is NC1CCCc2cn(CC(=O)N3CCOCC3)cc21. The number of aryl methyl sites for hydroxylation is 1. The maximum atomic E-state index is 12.2. The molecule has 1 atom stereocenters. The lowest BCUT2D eigenvalue weighted by Crippen LogP contribution is -2.42. The van der Waals surface area contributed by atoms with Gasteiger partial charge in [0.1, 0.15) is 6.54 Å². The van der Waals surface area contributed by atoms with Crippen LogP contribution < -0.4 is 5.73 Å². The molecule has 1 aromatic heterocycles. The third kappa shape index (κ3) is 2.67. The first-order valence-electron chi connectivity index (χ1n) is 7.03. The standard InChI is InChI=1S/C14H21N3O2/c15-13-3-1-2-11-8-16(9-12(11)13)10-14(18)17-4-6-19-7-5-17/h8-9,13H,1-7,10,15H2. The van der Waals surface area contributed by atoms with E-state index in [-0.39, 0.29) is 11.9 Å². The summed E-state index contributed by atoms with van der Waals surface area (Å²) in [7, 11) is 0. The number of fused-ring (bicyclic) bond motifs is 1. The number of nitrogens with two attached hydrogens (primary N) is 1. The number of carbonyl (C=O) groups excluding carboxylic acids is 1. The average Bonchev–Trinajstić information content (AvgIpc) is 2.84. The van der Waals surface area contributed by atoms with Gasteiger partial charge in [0.2, 0.25) is 5.91 Å². The van der Waals surface area contributed by atoms with Crippen LogP contribution >= 0.6 is 0 Å². The Morgan fingerprint density at radius 1 is 1.37 bits per heavy atom. The lowest BCUT2D eigenvalue weighted by Gasteiger charge is -2.26. The third-order valence-corrected chi connectivity index (χ3v) is 4.04. The van der Waals surface area contributed by atoms with Crippen molar-refractivity contribution in [1.82, 2.24) is 9.47 Å². The molecule has 1 fully saturated rings. The number of rotatable bonds is 2. The highest BCUT2D eigenvalue weighted by Crippen LogP contribution is 2.28. The number of hydrogen-bond donors (Lipinski definition) is 1. The second-order valence-corrected chi connectivity index (χ2v) is 5.40. The lowest BCUT2D eigenvalue weighted by atomic mass is 9.92. The molecule has 1 saturated heterocycles. The summed E-state index contributed by atoms with van der Waals surface area (Å²) in [5.74, 6) is 0.171. The molecule has 0 radical (unpaired) electrons. The number of aromatic nitrogens is 1. The normalized spacial score (nSPS) is 23.2. The van der Waals surface area contributed by atoms with Crippen molar-refractivity contribution in [2.45, 2.75) is 31.8 Å². The Labute approximate surface area is 113 Å². The van der Waals surface area contributed by atoms with E-state index in [0.717, 1.165) is 19.3 Å². The molecule has 1 aliphatic heterocycles. The van der Waals surface area contributed by atoms with Gasteiger partial charge in [-0.3, -0.25) is 4.79 Å². The molecule has 3 rings (SSSR count). The molecule has 1 amide bonds. The monoisotopic (exact) mass is 263 g/mol. The van der Waals surface area contributed by atoms with Gasteiger partial charge in [-0.05, 0) is 30.4 Å². The maximum Gasteiger partial charge on any atom is 0.242 e. The molecule has 19 heavy (non-hydrogen) atoms. The summed E-state index contributed by atoms with van der Waals surface area (Å²) >= 11 is 0. The highest BCUT2D eigenvalue weighted by atomic mass is 16.5. The minimum atomic E-state index is 0.142. The summed E-state index contributed by atoms with van der Waals surface area (Å²) < 4.78 is 7.26. The van der Waals surface area contributed by atoms with Gasteiger partial charge in [-0.2, -0.15) is 0 Å². The Balaban J connectivity index is 1.68. The summed E-state index contributed by atoms with van der Waals surface area (Å²) in [5.41, 5.74) is 8.64. The van der Waals surface area contributed by atoms with E-state index in [0.29, 0.717) is 32.8 Å². The van der Waals surface area contributed by atoms with Crippen molar-refractivity contribution in [3.05, 3.63) is 23.5 Å². The van der Waals surface area contributed by atoms with Crippen molar-refractivity contribution < 1.29 is 9.53 Å². The predicted molar refractivity (Wildman–Crippen MR) is 71.7 cm³/mol. The van der Waals surface area contributed by atoms with Gasteiger partial charge in [-0.15, -0.1) is 0 Å². The Morgan fingerprint density at radius 3 is 2.89 bits per heavy atom. The molecular formula is C14H21N3O2. The van der Waals surface area contributed by atoms with E-state index in [1.54, 1.807) is 0 Å². The summed E-state index contributed by atoms with van der Waals surface area (Å²) in [5, 5.41) is 0. The van der Waals surface area contributed by atoms with E-state index < -0.39 is 0 Å². The van der Waals surface area contributed by atoms with Gasteiger partial charge in [0.05, 0.1) is 13.2 Å². The summed E-state index contributed by atoms with van der Waals surface area (Å²) in [6.45, 7) is 3.13. The summed E-state index contributed by atoms with van der Waals surface area (Å²) in [6.07, 6.45) is 7.43. The van der Waals surface area contributed by atoms with E-state index in [2.05, 4.69) is 12.4 Å². The first-order chi connectivity index (χ1) is 9.24. The molecule has 0 saturated carbocycles. The van der Waals surface area contributed by atoms with Crippen molar-refractivity contribution in [1.29, 1.82) is 0 Å². The van der Waals surface area contributed by atoms with Crippen LogP contribution in [-0.2, 0) is 22.5 Å². The zero-order valence-corrected chi connectivity index (χ0v) is 11.2. The Kier molecular flexibility index (Phi) is 3.57. The highest BCUT2D eigenvalue weighted by molar-refractivity contribution is 5.76. The van der Waals surface area contributed by atoms with E-state index >= 15 is 0 Å². The van der Waals surface area contributed by atoms with Crippen molar-refractivity contribution in [3.63, 3.8) is 0 Å². The van der Waals surface area contributed by atoms with Crippen LogP contribution in [0.5, 0.6) is 0 Å². The first-order valence-corrected chi connectivity index (χ1v) is 7.03. The molecule has 104 valence electrons. The predicted octanol–water partition coefficient (Wildman–Crippen LogP) is 0.683. The van der Waals surface area contributed by atoms with Gasteiger partial charge < -0.3 is 19.9 Å². The molecule has 1 aliphatic carbocycles. The van der Waals surface area contributed by atoms with Crippen LogP contribution in [0.1, 0.15) is 30.0 Å². The van der Waals surface area contributed by atoms with E-state index in [1.807, 2.05) is 9.47 Å². The maximum absolute atomic E-state index is 12.2. The largest absolute Gasteiger partial charge is 0.378 e. The smallest absolute Gasteiger partial charge is 0.242 e. The molecule has 1 aromatic rings. The van der Waals surface area contributed by atoms with Gasteiger partial charge in [-0.25, -0.2) is 0 Å². The number of hydrogen-bond acceptors (Lipinski definition) is 3. The molecule has 5 heteroatoms. The van der Waals surface area contributed by atoms with E-state index in [9.17, 15) is 4.79 Å². The molecule has 0 bridgehead atoms. The van der Waals surface area contributed by atoms with Crippen LogP contribution in [0.3, 0.4) is 0 Å². The molecule has 0 aromatic carbocycles. The van der Waals surface area contributed by atoms with E-state index in [4.69, 9.17) is 10.5 Å². The summed E-state index contributed by atoms with van der Waals surface area (Å²) in [4.78, 5) is 14.1. The Hall–Kier alpha value is -1.33. The van der Waals surface area contributed by atoms with Crippen molar-refractivity contribution in [3.8, 4) is 0 Å². The van der Waals surface area contributed by atoms with Crippen LogP contribution in [0.15, 0.2) is 12.4 Å². The van der Waals surface area contributed by atoms with Crippen molar-refractivity contribution in [2.75, 3.05) is 26.3 Å². The van der Waals surface area contributed by atoms with Crippen LogP contribution in [0.2, 0.25) is 0 Å². The first kappa shape index (κ1) is 12.7. The van der Waals surface area contributed by atoms with Gasteiger partial charge in [-0.1, -0.05) is 0 Å². The topological polar surface area (TPSA) is 60.5 Å². The minimum Gasteiger partial charge on any atom is -0.378 e. The fraction of sp³-hybridized carbons (Fsp3) is 0.643. The zero-order valence-electron chi connectivity index (χ0n) is 11.2. The van der Waals surface area contributed by atoms with E-state index in [1.165, 1.54) is 11.1 Å². The Bertz CT molecular complexity index is 463. The fourth-order valence-electron chi connectivity index (χ4n) is 2.94. The van der Waals surface area contributed by atoms with Crippen LogP contribution in [0, 0.1) is 0 Å². The Morgan fingerprint density at radius 2 is 2.16 bits per heavy atom. The van der Waals surface area contributed by atoms with Crippen molar-refractivity contribution in [2.24, 2.45) is 5.73 Å². The number of nitrogens with zero attached hydrogens (tertiary/aromatic N) is 2.